The normalized spacial score (nSPS) is 11.1. The average Bonchev–Trinajstić information content (AvgIpc) is 2.69. The molecule has 0 saturated carbocycles. The van der Waals surface area contributed by atoms with E-state index in [0.29, 0.717) is 17.0 Å². The Kier molecular flexibility index (Phi) is 4.27. The van der Waals surface area contributed by atoms with Crippen molar-refractivity contribution in [2.24, 2.45) is 0 Å². The highest BCUT2D eigenvalue weighted by atomic mass is 16.5. The summed E-state index contributed by atoms with van der Waals surface area (Å²) < 4.78 is 8.05. The van der Waals surface area contributed by atoms with Gasteiger partial charge >= 0.3 is 5.97 Å². The minimum absolute atomic E-state index is 0.0182. The van der Waals surface area contributed by atoms with Gasteiger partial charge in [-0.05, 0) is 43.7 Å². The van der Waals surface area contributed by atoms with Gasteiger partial charge in [-0.25, -0.2) is 9.78 Å². The van der Waals surface area contributed by atoms with Crippen LogP contribution in [0.3, 0.4) is 0 Å². The van der Waals surface area contributed by atoms with Crippen LogP contribution in [0.4, 0.5) is 0 Å². The second-order valence-corrected chi connectivity index (χ2v) is 6.34. The fraction of sp³-hybridized carbons (Fsp3) is 0.143. The van der Waals surface area contributed by atoms with E-state index in [1.165, 1.54) is 15.0 Å². The van der Waals surface area contributed by atoms with Gasteiger partial charge in [0.2, 0.25) is 0 Å². The fourth-order valence-electron chi connectivity index (χ4n) is 3.23. The molecule has 4 aromatic rings. The first kappa shape index (κ1) is 17.7. The summed E-state index contributed by atoms with van der Waals surface area (Å²) in [6.07, 6.45) is 1.64. The van der Waals surface area contributed by atoms with E-state index < -0.39 is 5.97 Å². The van der Waals surface area contributed by atoms with Crippen molar-refractivity contribution in [3.63, 3.8) is 0 Å². The fourth-order valence-corrected chi connectivity index (χ4v) is 3.23. The number of carbonyl (C=O) groups is 1. The number of esters is 1. The van der Waals surface area contributed by atoms with Gasteiger partial charge in [0, 0.05) is 11.9 Å². The maximum absolute atomic E-state index is 13.2. The summed E-state index contributed by atoms with van der Waals surface area (Å²) in [7, 11) is 0. The number of fused-ring (bicyclic) bond motifs is 2. The van der Waals surface area contributed by atoms with E-state index in [0.717, 1.165) is 5.56 Å². The summed E-state index contributed by atoms with van der Waals surface area (Å²) in [5.74, 6) is -0.646. The zero-order chi connectivity index (χ0) is 19.8. The molecule has 140 valence electrons. The molecule has 0 aliphatic rings. The first-order valence-corrected chi connectivity index (χ1v) is 8.87. The number of aryl methyl sites for hydroxylation is 1. The lowest BCUT2D eigenvalue weighted by Gasteiger charge is -2.14. The monoisotopic (exact) mass is 374 g/mol. The lowest BCUT2D eigenvalue weighted by atomic mass is 10.2. The van der Waals surface area contributed by atoms with Crippen LogP contribution in [0.1, 0.15) is 22.8 Å². The van der Waals surface area contributed by atoms with Crippen molar-refractivity contribution in [3.05, 3.63) is 81.7 Å². The molecule has 1 N–H and O–H groups in total. The molecule has 28 heavy (non-hydrogen) atoms. The molecule has 4 rings (SSSR count). The molecular weight excluding hydrogens is 356 g/mol. The Bertz CT molecular complexity index is 1340. The van der Waals surface area contributed by atoms with Crippen LogP contribution in [0.25, 0.3) is 22.4 Å². The van der Waals surface area contributed by atoms with Gasteiger partial charge in [0.05, 0.1) is 12.0 Å². The summed E-state index contributed by atoms with van der Waals surface area (Å²) in [6, 6.07) is 14.1. The Hall–Kier alpha value is -3.74. The summed E-state index contributed by atoms with van der Waals surface area (Å²) >= 11 is 0. The second-order valence-electron chi connectivity index (χ2n) is 6.34. The van der Waals surface area contributed by atoms with Gasteiger partial charge < -0.3 is 4.74 Å². The topological polar surface area (TPSA) is 89.4 Å². The summed E-state index contributed by atoms with van der Waals surface area (Å²) in [6.45, 7) is 3.74. The summed E-state index contributed by atoms with van der Waals surface area (Å²) in [5, 5.41) is 8.86. The highest BCUT2D eigenvalue weighted by molar-refractivity contribution is 5.93. The van der Waals surface area contributed by atoms with E-state index in [2.05, 4.69) is 4.98 Å². The van der Waals surface area contributed by atoms with Crippen LogP contribution in [0.5, 0.6) is 0 Å². The quantitative estimate of drug-likeness (QED) is 0.441. The van der Waals surface area contributed by atoms with Crippen LogP contribution in [0, 0.1) is 12.3 Å². The smallest absolute Gasteiger partial charge is 0.341 e. The third-order valence-corrected chi connectivity index (χ3v) is 4.55. The number of carbonyl (C=O) groups excluding carboxylic acids is 1. The van der Waals surface area contributed by atoms with Crippen LogP contribution in [0.2, 0.25) is 0 Å². The molecule has 0 atom stereocenters. The number of hydrogen-bond acceptors (Lipinski definition) is 5. The van der Waals surface area contributed by atoms with Crippen molar-refractivity contribution < 1.29 is 9.53 Å². The van der Waals surface area contributed by atoms with Gasteiger partial charge in [-0.2, -0.15) is 0 Å². The Morgan fingerprint density at radius 3 is 2.61 bits per heavy atom. The molecule has 0 aliphatic carbocycles. The third kappa shape index (κ3) is 2.68. The summed E-state index contributed by atoms with van der Waals surface area (Å²) in [4.78, 5) is 30.3. The Morgan fingerprint density at radius 2 is 1.89 bits per heavy atom. The van der Waals surface area contributed by atoms with Gasteiger partial charge in [-0.3, -0.25) is 19.2 Å². The van der Waals surface area contributed by atoms with Gasteiger partial charge in [-0.1, -0.05) is 24.3 Å². The molecule has 0 aliphatic heterocycles. The molecule has 0 amide bonds. The first-order chi connectivity index (χ1) is 13.5. The van der Waals surface area contributed by atoms with Crippen LogP contribution in [-0.4, -0.2) is 26.5 Å². The van der Waals surface area contributed by atoms with E-state index in [1.54, 1.807) is 31.3 Å². The van der Waals surface area contributed by atoms with E-state index >= 15 is 0 Å². The van der Waals surface area contributed by atoms with Gasteiger partial charge in [0.25, 0.3) is 5.56 Å². The minimum Gasteiger partial charge on any atom is -0.462 e. The Labute approximate surface area is 160 Å². The molecule has 0 unspecified atom stereocenters. The SMILES string of the molecule is CCOC(=O)c1cc2c(=O)n3cccc(C)c3nc2n(-c2ccccc2)c1=N. The van der Waals surface area contributed by atoms with Crippen molar-refractivity contribution >= 4 is 22.6 Å². The van der Waals surface area contributed by atoms with Crippen molar-refractivity contribution in [1.29, 1.82) is 5.41 Å². The standard InChI is InChI=1S/C21H18N4O3/c1-3-28-21(27)15-12-16-19(25(17(15)22)14-9-5-4-6-10-14)23-18-13(2)8-7-11-24(18)20(16)26/h4-12,22H,3H2,1-2H3. The molecule has 3 heterocycles. The van der Waals surface area contributed by atoms with Crippen LogP contribution < -0.4 is 11.0 Å². The lowest BCUT2D eigenvalue weighted by Crippen LogP contribution is -2.30. The number of hydrogen-bond donors (Lipinski definition) is 1. The Balaban J connectivity index is 2.23. The molecule has 0 fully saturated rings. The lowest BCUT2D eigenvalue weighted by molar-refractivity contribution is 0.0523. The predicted molar refractivity (Wildman–Crippen MR) is 105 cm³/mol. The Morgan fingerprint density at radius 1 is 1.14 bits per heavy atom. The van der Waals surface area contributed by atoms with Crippen molar-refractivity contribution in [3.8, 4) is 5.69 Å². The molecule has 0 bridgehead atoms. The van der Waals surface area contributed by atoms with Gasteiger partial charge in [-0.15, -0.1) is 0 Å². The van der Waals surface area contributed by atoms with Gasteiger partial charge in [0.15, 0.2) is 5.65 Å². The number of nitrogens with zero attached hydrogens (tertiary/aromatic N) is 3. The van der Waals surface area contributed by atoms with Crippen LogP contribution in [0.15, 0.2) is 59.5 Å². The molecule has 3 aromatic heterocycles. The second kappa shape index (κ2) is 6.77. The zero-order valence-electron chi connectivity index (χ0n) is 15.5. The van der Waals surface area contributed by atoms with E-state index in [4.69, 9.17) is 10.1 Å². The predicted octanol–water partition coefficient (Wildman–Crippen LogP) is 2.60. The van der Waals surface area contributed by atoms with Gasteiger partial charge in [0.1, 0.15) is 16.7 Å². The summed E-state index contributed by atoms with van der Waals surface area (Å²) in [5.41, 5.74) is 1.93. The maximum atomic E-state index is 13.2. The number of nitrogens with one attached hydrogen (secondary N) is 1. The third-order valence-electron chi connectivity index (χ3n) is 4.55. The molecule has 0 saturated heterocycles. The largest absolute Gasteiger partial charge is 0.462 e. The van der Waals surface area contributed by atoms with Crippen molar-refractivity contribution in [2.75, 3.05) is 6.61 Å². The zero-order valence-corrected chi connectivity index (χ0v) is 15.5. The van der Waals surface area contributed by atoms with Crippen molar-refractivity contribution in [1.82, 2.24) is 14.0 Å². The average molecular weight is 374 g/mol. The molecule has 0 spiro atoms. The molecule has 7 nitrogen and oxygen atoms in total. The highest BCUT2D eigenvalue weighted by Gasteiger charge is 2.19. The number of para-hydroxylation sites is 1. The van der Waals surface area contributed by atoms with E-state index in [-0.39, 0.29) is 28.6 Å². The highest BCUT2D eigenvalue weighted by Crippen LogP contribution is 2.16. The number of aromatic nitrogens is 3. The van der Waals surface area contributed by atoms with E-state index in [9.17, 15) is 9.59 Å². The van der Waals surface area contributed by atoms with Crippen LogP contribution in [-0.2, 0) is 4.74 Å². The van der Waals surface area contributed by atoms with E-state index in [1.807, 2.05) is 31.2 Å². The number of benzene rings is 1. The number of pyridine rings is 2. The van der Waals surface area contributed by atoms with Crippen molar-refractivity contribution in [2.45, 2.75) is 13.8 Å². The van der Waals surface area contributed by atoms with Crippen LogP contribution >= 0.6 is 0 Å². The molecule has 7 heteroatoms. The molecule has 0 radical (unpaired) electrons. The first-order valence-electron chi connectivity index (χ1n) is 8.87. The molecular formula is C21H18N4O3. The number of ether oxygens (including phenoxy) is 1. The molecule has 1 aromatic carbocycles. The number of rotatable bonds is 3. The minimum atomic E-state index is -0.646. The maximum Gasteiger partial charge on any atom is 0.341 e.